The number of allylic oxidation sites excluding steroid dienone is 2. The number of benzene rings is 4. The average Bonchev–Trinajstić information content (AvgIpc) is 3.14. The predicted molar refractivity (Wildman–Crippen MR) is 193 cm³/mol. The fourth-order valence-electron chi connectivity index (χ4n) is 5.11. The lowest BCUT2D eigenvalue weighted by atomic mass is 9.84. The summed E-state index contributed by atoms with van der Waals surface area (Å²) in [6.45, 7) is 2.84. The molecule has 0 fully saturated rings. The second kappa shape index (κ2) is 18.0. The van der Waals surface area contributed by atoms with E-state index in [2.05, 4.69) is 0 Å². The van der Waals surface area contributed by atoms with Gasteiger partial charge in [-0.3, -0.25) is 9.59 Å². The van der Waals surface area contributed by atoms with E-state index >= 15 is 0 Å². The molecule has 12 heteroatoms. The van der Waals surface area contributed by atoms with Crippen LogP contribution in [-0.2, 0) is 28.5 Å². The van der Waals surface area contributed by atoms with Crippen molar-refractivity contribution < 1.29 is 47.7 Å². The summed E-state index contributed by atoms with van der Waals surface area (Å²) in [5.41, 5.74) is 1.32. The Bertz CT molecular complexity index is 1950. The van der Waals surface area contributed by atoms with Gasteiger partial charge >= 0.3 is 23.9 Å². The first-order valence-corrected chi connectivity index (χ1v) is 17.7. The van der Waals surface area contributed by atoms with E-state index in [0.29, 0.717) is 19.6 Å². The molecule has 10 nitrogen and oxygen atoms in total. The molecule has 4 aromatic rings. The summed E-state index contributed by atoms with van der Waals surface area (Å²) in [7, 11) is 0. The third kappa shape index (κ3) is 8.95. The van der Waals surface area contributed by atoms with E-state index in [0.717, 1.165) is 23.5 Å². The summed E-state index contributed by atoms with van der Waals surface area (Å²) in [6.07, 6.45) is 5.60. The van der Waals surface area contributed by atoms with Crippen LogP contribution in [0, 0.1) is 0 Å². The van der Waals surface area contributed by atoms with Gasteiger partial charge in [-0.15, -0.1) is 0 Å². The number of ether oxygens (including phenoxy) is 4. The number of carbonyl (C=O) groups is 6. The molecule has 0 N–H and O–H groups in total. The molecule has 0 spiro atoms. The molecular weight excluding hydrogens is 705 g/mol. The van der Waals surface area contributed by atoms with Gasteiger partial charge in [0.2, 0.25) is 0 Å². The zero-order valence-electron chi connectivity index (χ0n) is 28.1. The van der Waals surface area contributed by atoms with Gasteiger partial charge in [-0.25, -0.2) is 19.2 Å². The highest BCUT2D eigenvalue weighted by atomic mass is 32.2. The topological polar surface area (TPSA) is 139 Å². The summed E-state index contributed by atoms with van der Waals surface area (Å²) in [5.74, 6) is -3.09. The lowest BCUT2D eigenvalue weighted by molar-refractivity contribution is -0.139. The molecule has 0 bridgehead atoms. The van der Waals surface area contributed by atoms with Gasteiger partial charge in [0.1, 0.15) is 26.4 Å². The minimum absolute atomic E-state index is 0.113. The van der Waals surface area contributed by atoms with Crippen LogP contribution in [0.2, 0.25) is 0 Å². The van der Waals surface area contributed by atoms with Crippen LogP contribution in [0.3, 0.4) is 0 Å². The fraction of sp³-hybridized carbons (Fsp3) is 0.150. The first kappa shape index (κ1) is 37.5. The van der Waals surface area contributed by atoms with E-state index < -0.39 is 23.9 Å². The molecule has 0 aromatic heterocycles. The van der Waals surface area contributed by atoms with Crippen molar-refractivity contribution >= 4 is 59.0 Å². The van der Waals surface area contributed by atoms with E-state index in [-0.39, 0.29) is 71.4 Å². The highest BCUT2D eigenvalue weighted by molar-refractivity contribution is 7.99. The smallest absolute Gasteiger partial charge is 0.339 e. The largest absolute Gasteiger partial charge is 0.459 e. The van der Waals surface area contributed by atoms with Crippen molar-refractivity contribution in [3.05, 3.63) is 143 Å². The standard InChI is InChI=1S/C40H32O10S2/c1-3-11-33(41)47-21-23-49-39(45)25-13-5-7-17-29(25)51-31-19-9-15-27-35(31)37(43)28-16-10-20-32(36(28)38(27)44)52-30-18-8-6-14-26(30)40(46)50-24-22-48-34(42)12-4-2/h3-20H,21-24H2,1-2H3/b11-3-,12-4-. The lowest BCUT2D eigenvalue weighted by Gasteiger charge is -2.22. The van der Waals surface area contributed by atoms with E-state index in [4.69, 9.17) is 18.9 Å². The van der Waals surface area contributed by atoms with Crippen molar-refractivity contribution in [3.63, 3.8) is 0 Å². The monoisotopic (exact) mass is 736 g/mol. The van der Waals surface area contributed by atoms with Crippen molar-refractivity contribution in [2.45, 2.75) is 33.4 Å². The summed E-state index contributed by atoms with van der Waals surface area (Å²) in [4.78, 5) is 79.3. The molecule has 264 valence electrons. The second-order valence-corrected chi connectivity index (χ2v) is 13.0. The van der Waals surface area contributed by atoms with Crippen molar-refractivity contribution in [1.82, 2.24) is 0 Å². The Labute approximate surface area is 308 Å². The summed E-state index contributed by atoms with van der Waals surface area (Å²) in [5, 5.41) is 0. The molecule has 52 heavy (non-hydrogen) atoms. The van der Waals surface area contributed by atoms with Crippen LogP contribution in [0.1, 0.15) is 66.4 Å². The molecule has 0 unspecified atom stereocenters. The van der Waals surface area contributed by atoms with Crippen LogP contribution in [0.5, 0.6) is 0 Å². The number of rotatable bonds is 14. The Hall–Kier alpha value is -5.72. The van der Waals surface area contributed by atoms with E-state index in [1.54, 1.807) is 111 Å². The van der Waals surface area contributed by atoms with Crippen LogP contribution in [0.15, 0.2) is 129 Å². The van der Waals surface area contributed by atoms with Gasteiger partial charge in [0.25, 0.3) is 0 Å². The van der Waals surface area contributed by atoms with Crippen LogP contribution in [-0.4, -0.2) is 61.9 Å². The summed E-state index contributed by atoms with van der Waals surface area (Å²) < 4.78 is 20.6. The lowest BCUT2D eigenvalue weighted by Crippen LogP contribution is -2.22. The number of esters is 4. The molecule has 1 aliphatic carbocycles. The molecule has 5 rings (SSSR count). The molecule has 4 aromatic carbocycles. The Morgan fingerprint density at radius 2 is 0.865 bits per heavy atom. The van der Waals surface area contributed by atoms with Gasteiger partial charge in [0.05, 0.1) is 11.1 Å². The molecule has 0 heterocycles. The molecular formula is C40H32O10S2. The number of fused-ring (bicyclic) bond motifs is 2. The molecule has 0 radical (unpaired) electrons. The average molecular weight is 737 g/mol. The molecule has 1 aliphatic rings. The summed E-state index contributed by atoms with van der Waals surface area (Å²) >= 11 is 2.31. The van der Waals surface area contributed by atoms with Gasteiger partial charge in [0.15, 0.2) is 11.6 Å². The number of hydrogen-bond acceptors (Lipinski definition) is 12. The SMILES string of the molecule is C/C=C\C(=O)OCCOC(=O)c1ccccc1Sc1cccc2c1C(=O)c1cccc(Sc3ccccc3C(=O)OCCOC(=O)/C=C\C)c1C2=O. The predicted octanol–water partition coefficient (Wildman–Crippen LogP) is 7.32. The van der Waals surface area contributed by atoms with Gasteiger partial charge in [-0.2, -0.15) is 0 Å². The van der Waals surface area contributed by atoms with E-state index in [1.165, 1.54) is 12.2 Å². The molecule has 0 saturated heterocycles. The van der Waals surface area contributed by atoms with Crippen LogP contribution in [0.25, 0.3) is 0 Å². The molecule has 0 aliphatic heterocycles. The quantitative estimate of drug-likeness (QED) is 0.0489. The Balaban J connectivity index is 1.35. The third-order valence-corrected chi connectivity index (χ3v) is 9.65. The van der Waals surface area contributed by atoms with E-state index in [9.17, 15) is 28.8 Å². The zero-order chi connectivity index (χ0) is 37.0. The van der Waals surface area contributed by atoms with E-state index in [1.807, 2.05) is 0 Å². The van der Waals surface area contributed by atoms with Gasteiger partial charge in [0, 0.05) is 54.0 Å². The molecule has 0 saturated carbocycles. The highest BCUT2D eigenvalue weighted by Crippen LogP contribution is 2.42. The Morgan fingerprint density at radius 1 is 0.500 bits per heavy atom. The molecule has 0 amide bonds. The summed E-state index contributed by atoms with van der Waals surface area (Å²) in [6, 6.07) is 23.4. The first-order valence-electron chi connectivity index (χ1n) is 16.1. The van der Waals surface area contributed by atoms with Crippen molar-refractivity contribution in [2.24, 2.45) is 0 Å². The Morgan fingerprint density at radius 3 is 1.27 bits per heavy atom. The fourth-order valence-corrected chi connectivity index (χ4v) is 7.30. The maximum atomic E-state index is 14.1. The number of ketones is 2. The van der Waals surface area contributed by atoms with Gasteiger partial charge < -0.3 is 18.9 Å². The normalized spacial score (nSPS) is 12.0. The van der Waals surface area contributed by atoms with Crippen molar-refractivity contribution in [3.8, 4) is 0 Å². The number of hydrogen-bond donors (Lipinski definition) is 0. The number of carbonyl (C=O) groups excluding carboxylic acids is 6. The maximum absolute atomic E-state index is 14.1. The van der Waals surface area contributed by atoms with Crippen molar-refractivity contribution in [2.75, 3.05) is 26.4 Å². The Kier molecular flexibility index (Phi) is 13.0. The highest BCUT2D eigenvalue weighted by Gasteiger charge is 2.34. The maximum Gasteiger partial charge on any atom is 0.339 e. The minimum atomic E-state index is -0.638. The first-order chi connectivity index (χ1) is 25.2. The van der Waals surface area contributed by atoms with Crippen LogP contribution < -0.4 is 0 Å². The third-order valence-electron chi connectivity index (χ3n) is 7.38. The molecule has 0 atom stereocenters. The minimum Gasteiger partial charge on any atom is -0.459 e. The van der Waals surface area contributed by atoms with Crippen LogP contribution in [0.4, 0.5) is 0 Å². The second-order valence-electron chi connectivity index (χ2n) is 10.8. The van der Waals surface area contributed by atoms with Crippen LogP contribution >= 0.6 is 23.5 Å². The van der Waals surface area contributed by atoms with Crippen molar-refractivity contribution in [1.29, 1.82) is 0 Å². The zero-order valence-corrected chi connectivity index (χ0v) is 29.8. The van der Waals surface area contributed by atoms with Gasteiger partial charge in [-0.1, -0.05) is 84.2 Å². The van der Waals surface area contributed by atoms with Gasteiger partial charge in [-0.05, 0) is 50.2 Å².